The highest BCUT2D eigenvalue weighted by Gasteiger charge is 2.49. The fraction of sp³-hybridized carbons (Fsp3) is 0.714. The summed E-state index contributed by atoms with van der Waals surface area (Å²) in [7, 11) is 1.48. The summed E-state index contributed by atoms with van der Waals surface area (Å²) in [5.74, 6) is 0.900. The lowest BCUT2D eigenvalue weighted by Crippen LogP contribution is -2.51. The lowest BCUT2D eigenvalue weighted by molar-refractivity contribution is -0.148. The largest absolute Gasteiger partial charge is 0.468 e. The number of aromatic nitrogens is 2. The molecule has 1 aromatic rings. The molecule has 0 aliphatic heterocycles. The van der Waals surface area contributed by atoms with Crippen LogP contribution in [-0.2, 0) is 9.53 Å². The minimum absolute atomic E-state index is 0.111. The summed E-state index contributed by atoms with van der Waals surface area (Å²) >= 11 is 0. The predicted molar refractivity (Wildman–Crippen MR) is 70.8 cm³/mol. The summed E-state index contributed by atoms with van der Waals surface area (Å²) in [6.45, 7) is 2.01. The van der Waals surface area contributed by atoms with E-state index in [1.165, 1.54) is 20.0 Å². The lowest BCUT2D eigenvalue weighted by atomic mass is 9.97. The zero-order valence-electron chi connectivity index (χ0n) is 11.6. The first-order valence-electron chi connectivity index (χ1n) is 7.00. The Bertz CT molecular complexity index is 481. The Balaban J connectivity index is 1.79. The molecule has 5 nitrogen and oxygen atoms in total. The summed E-state index contributed by atoms with van der Waals surface area (Å²) in [5.41, 5.74) is -0.489. The minimum atomic E-state index is -0.489. The smallest absolute Gasteiger partial charge is 0.326 e. The molecule has 2 aliphatic carbocycles. The zero-order valence-corrected chi connectivity index (χ0v) is 11.6. The van der Waals surface area contributed by atoms with Crippen molar-refractivity contribution in [2.75, 3.05) is 7.11 Å². The lowest BCUT2D eigenvalue weighted by Gasteiger charge is -2.28. The maximum absolute atomic E-state index is 12.2. The topological polar surface area (TPSA) is 56.1 Å². The number of carbonyl (C=O) groups is 1. The molecule has 3 rings (SSSR count). The Kier molecular flexibility index (Phi) is 3.09. The van der Waals surface area contributed by atoms with Gasteiger partial charge in [0.15, 0.2) is 0 Å². The van der Waals surface area contributed by atoms with Crippen molar-refractivity contribution in [3.63, 3.8) is 0 Å². The van der Waals surface area contributed by atoms with Crippen LogP contribution in [0, 0.1) is 6.92 Å². The summed E-state index contributed by atoms with van der Waals surface area (Å²) in [5, 5.41) is 3.52. The third-order valence-electron chi connectivity index (χ3n) is 4.38. The van der Waals surface area contributed by atoms with E-state index in [-0.39, 0.29) is 5.97 Å². The number of nitrogens with one attached hydrogen (secondary N) is 1. The fourth-order valence-corrected chi connectivity index (χ4v) is 3.22. The van der Waals surface area contributed by atoms with Crippen molar-refractivity contribution in [3.8, 4) is 0 Å². The Labute approximate surface area is 113 Å². The normalized spacial score (nSPS) is 30.5. The second-order valence-corrected chi connectivity index (χ2v) is 5.77. The summed E-state index contributed by atoms with van der Waals surface area (Å²) in [6, 6.07) is 0.842. The van der Waals surface area contributed by atoms with Gasteiger partial charge in [-0.2, -0.15) is 0 Å². The first-order valence-corrected chi connectivity index (χ1v) is 7.00. The van der Waals surface area contributed by atoms with Crippen molar-refractivity contribution in [1.82, 2.24) is 14.9 Å². The molecule has 0 saturated heterocycles. The van der Waals surface area contributed by atoms with E-state index < -0.39 is 5.54 Å². The molecule has 0 bridgehead atoms. The molecule has 19 heavy (non-hydrogen) atoms. The molecule has 0 aromatic carbocycles. The molecule has 2 unspecified atom stereocenters. The van der Waals surface area contributed by atoms with Crippen molar-refractivity contribution in [2.45, 2.75) is 56.7 Å². The maximum Gasteiger partial charge on any atom is 0.326 e. The molecule has 2 aliphatic rings. The summed E-state index contributed by atoms with van der Waals surface area (Å²) in [6.07, 6.45) is 8.81. The van der Waals surface area contributed by atoms with Gasteiger partial charge < -0.3 is 9.30 Å². The molecule has 2 atom stereocenters. The van der Waals surface area contributed by atoms with E-state index in [0.29, 0.717) is 12.1 Å². The molecule has 1 heterocycles. The Morgan fingerprint density at radius 1 is 1.53 bits per heavy atom. The monoisotopic (exact) mass is 263 g/mol. The molecule has 0 radical (unpaired) electrons. The van der Waals surface area contributed by atoms with Crippen LogP contribution < -0.4 is 5.32 Å². The van der Waals surface area contributed by atoms with E-state index >= 15 is 0 Å². The Hall–Kier alpha value is -1.36. The van der Waals surface area contributed by atoms with Crippen molar-refractivity contribution in [3.05, 3.63) is 18.2 Å². The number of nitrogens with zero attached hydrogens (tertiary/aromatic N) is 2. The van der Waals surface area contributed by atoms with Gasteiger partial charge >= 0.3 is 5.97 Å². The number of rotatable bonds is 4. The quantitative estimate of drug-likeness (QED) is 0.838. The third kappa shape index (κ3) is 2.27. The molecular weight excluding hydrogens is 242 g/mol. The number of hydrogen-bond acceptors (Lipinski definition) is 4. The predicted octanol–water partition coefficient (Wildman–Crippen LogP) is 1.58. The maximum atomic E-state index is 12.2. The molecule has 5 heteroatoms. The van der Waals surface area contributed by atoms with Crippen LogP contribution in [0.15, 0.2) is 12.4 Å². The van der Waals surface area contributed by atoms with E-state index in [1.54, 1.807) is 0 Å². The number of esters is 1. The summed E-state index contributed by atoms with van der Waals surface area (Å²) < 4.78 is 7.22. The van der Waals surface area contributed by atoms with Crippen molar-refractivity contribution >= 4 is 5.97 Å². The third-order valence-corrected chi connectivity index (χ3v) is 4.38. The van der Waals surface area contributed by atoms with Crippen LogP contribution in [-0.4, -0.2) is 34.2 Å². The van der Waals surface area contributed by atoms with Gasteiger partial charge in [-0.25, -0.2) is 4.98 Å². The van der Waals surface area contributed by atoms with Gasteiger partial charge in [0.25, 0.3) is 0 Å². The van der Waals surface area contributed by atoms with E-state index in [2.05, 4.69) is 14.9 Å². The van der Waals surface area contributed by atoms with Gasteiger partial charge in [-0.15, -0.1) is 0 Å². The Morgan fingerprint density at radius 2 is 2.32 bits per heavy atom. The van der Waals surface area contributed by atoms with Crippen LogP contribution in [0.25, 0.3) is 0 Å². The zero-order chi connectivity index (χ0) is 13.5. The van der Waals surface area contributed by atoms with Crippen molar-refractivity contribution < 1.29 is 9.53 Å². The van der Waals surface area contributed by atoms with Crippen LogP contribution in [0.4, 0.5) is 0 Å². The van der Waals surface area contributed by atoms with E-state index in [1.807, 2.05) is 19.3 Å². The van der Waals surface area contributed by atoms with Crippen molar-refractivity contribution in [1.29, 1.82) is 0 Å². The van der Waals surface area contributed by atoms with Crippen LogP contribution in [0.2, 0.25) is 0 Å². The molecule has 1 aromatic heterocycles. The van der Waals surface area contributed by atoms with Gasteiger partial charge in [-0.1, -0.05) is 0 Å². The molecule has 0 spiro atoms. The molecule has 2 fully saturated rings. The second-order valence-electron chi connectivity index (χ2n) is 5.77. The number of ether oxygens (including phenoxy) is 1. The van der Waals surface area contributed by atoms with Gasteiger partial charge in [-0.3, -0.25) is 10.1 Å². The average molecular weight is 263 g/mol. The number of aryl methyl sites for hydroxylation is 1. The highest BCUT2D eigenvalue weighted by Crippen LogP contribution is 2.41. The van der Waals surface area contributed by atoms with Crippen molar-refractivity contribution in [2.24, 2.45) is 0 Å². The molecular formula is C14H21N3O2. The fourth-order valence-electron chi connectivity index (χ4n) is 3.22. The van der Waals surface area contributed by atoms with Gasteiger partial charge in [0.2, 0.25) is 0 Å². The van der Waals surface area contributed by atoms with Gasteiger partial charge in [0, 0.05) is 24.5 Å². The van der Waals surface area contributed by atoms with Gasteiger partial charge in [-0.05, 0) is 39.0 Å². The number of methoxy groups -OCH3 is 1. The first kappa shape index (κ1) is 12.7. The average Bonchev–Trinajstić information content (AvgIpc) is 2.94. The number of carbonyl (C=O) groups excluding carboxylic acids is 1. The van der Waals surface area contributed by atoms with Crippen LogP contribution in [0.3, 0.4) is 0 Å². The minimum Gasteiger partial charge on any atom is -0.468 e. The first-order chi connectivity index (χ1) is 9.14. The molecule has 2 saturated carbocycles. The Morgan fingerprint density at radius 3 is 2.89 bits per heavy atom. The highest BCUT2D eigenvalue weighted by molar-refractivity contribution is 5.81. The number of hydrogen-bond donors (Lipinski definition) is 1. The second kappa shape index (κ2) is 4.63. The summed E-state index contributed by atoms with van der Waals surface area (Å²) in [4.78, 5) is 16.5. The highest BCUT2D eigenvalue weighted by atomic mass is 16.5. The van der Waals surface area contributed by atoms with E-state index in [0.717, 1.165) is 25.1 Å². The molecule has 104 valence electrons. The SMILES string of the molecule is COC(=O)C1(NC2CC2)CCC(n2ccnc2C)C1. The van der Waals surface area contributed by atoms with E-state index in [9.17, 15) is 4.79 Å². The van der Waals surface area contributed by atoms with Crippen LogP contribution in [0.5, 0.6) is 0 Å². The van der Waals surface area contributed by atoms with Crippen LogP contribution >= 0.6 is 0 Å². The number of imidazole rings is 1. The molecule has 1 N–H and O–H groups in total. The van der Waals surface area contributed by atoms with Gasteiger partial charge in [0.1, 0.15) is 11.4 Å². The van der Waals surface area contributed by atoms with Crippen LogP contribution in [0.1, 0.15) is 44.0 Å². The van der Waals surface area contributed by atoms with E-state index in [4.69, 9.17) is 4.74 Å². The standard InChI is InChI=1S/C14H21N3O2/c1-10-15-7-8-17(10)12-5-6-14(9-12,13(18)19-2)16-11-3-4-11/h7-8,11-12,16H,3-6,9H2,1-2H3. The molecule has 0 amide bonds. The van der Waals surface area contributed by atoms with Gasteiger partial charge in [0.05, 0.1) is 7.11 Å².